The normalized spacial score (nSPS) is 11.0. The molecule has 2 amide bonds. The van der Waals surface area contributed by atoms with Gasteiger partial charge < -0.3 is 5.73 Å². The number of carbonyl (C=O) groups is 2. The Morgan fingerprint density at radius 1 is 1.25 bits per heavy atom. The van der Waals surface area contributed by atoms with Gasteiger partial charge in [-0.15, -0.1) is 22.7 Å². The van der Waals surface area contributed by atoms with Crippen molar-refractivity contribution in [1.82, 2.24) is 9.97 Å². The van der Waals surface area contributed by atoms with Crippen LogP contribution in [0, 0.1) is 20.8 Å². The lowest BCUT2D eigenvalue weighted by atomic mass is 10.1. The second kappa shape index (κ2) is 6.29. The molecule has 0 radical (unpaired) electrons. The van der Waals surface area contributed by atoms with Gasteiger partial charge in [0.2, 0.25) is 5.91 Å². The van der Waals surface area contributed by atoms with E-state index >= 15 is 0 Å². The first-order chi connectivity index (χ1) is 11.3. The lowest BCUT2D eigenvalue weighted by Gasteiger charge is -2.01. The van der Waals surface area contributed by atoms with Crippen LogP contribution in [0.25, 0.3) is 10.2 Å². The van der Waals surface area contributed by atoms with Crippen LogP contribution in [-0.4, -0.2) is 21.8 Å². The third-order valence-electron chi connectivity index (χ3n) is 3.56. The summed E-state index contributed by atoms with van der Waals surface area (Å²) in [5, 5.41) is 5.99. The van der Waals surface area contributed by atoms with Crippen LogP contribution in [0.15, 0.2) is 11.4 Å². The highest BCUT2D eigenvalue weighted by Crippen LogP contribution is 2.32. The molecular weight excluding hydrogens is 344 g/mol. The molecule has 3 aromatic heterocycles. The minimum absolute atomic E-state index is 0.0661. The highest BCUT2D eigenvalue weighted by Gasteiger charge is 2.19. The molecule has 3 heterocycles. The van der Waals surface area contributed by atoms with E-state index in [-0.39, 0.29) is 12.3 Å². The number of aryl methyl sites for hydroxylation is 3. The number of hydrogen-bond acceptors (Lipinski definition) is 6. The number of nitrogens with zero attached hydrogens (tertiary/aromatic N) is 2. The van der Waals surface area contributed by atoms with Gasteiger partial charge in [0, 0.05) is 16.5 Å². The molecule has 6 nitrogen and oxygen atoms in total. The zero-order valence-corrected chi connectivity index (χ0v) is 15.1. The van der Waals surface area contributed by atoms with Gasteiger partial charge in [-0.1, -0.05) is 0 Å². The monoisotopic (exact) mass is 360 g/mol. The summed E-state index contributed by atoms with van der Waals surface area (Å²) in [7, 11) is 0. The van der Waals surface area contributed by atoms with Gasteiger partial charge in [0.05, 0.1) is 17.0 Å². The molecule has 0 aliphatic rings. The summed E-state index contributed by atoms with van der Waals surface area (Å²) in [5.41, 5.74) is 8.68. The van der Waals surface area contributed by atoms with E-state index in [1.807, 2.05) is 26.8 Å². The van der Waals surface area contributed by atoms with Crippen LogP contribution in [-0.2, 0) is 11.2 Å². The summed E-state index contributed by atoms with van der Waals surface area (Å²) in [6.07, 6.45) is 0.0661. The molecule has 0 spiro atoms. The minimum atomic E-state index is -0.449. The summed E-state index contributed by atoms with van der Waals surface area (Å²) < 4.78 is 0. The smallest absolute Gasteiger partial charge is 0.267 e. The first-order valence-electron chi connectivity index (χ1n) is 7.26. The SMILES string of the molecule is Cc1cc(C)c2c(C)c(C(=O)Nc3nc(CC(N)=O)cs3)sc2n1. The van der Waals surface area contributed by atoms with Crippen LogP contribution in [0.3, 0.4) is 0 Å². The van der Waals surface area contributed by atoms with Crippen molar-refractivity contribution in [3.8, 4) is 0 Å². The highest BCUT2D eigenvalue weighted by atomic mass is 32.1. The van der Waals surface area contributed by atoms with Crippen LogP contribution < -0.4 is 11.1 Å². The number of carbonyl (C=O) groups excluding carboxylic acids is 2. The van der Waals surface area contributed by atoms with E-state index in [4.69, 9.17) is 5.73 Å². The number of nitrogens with one attached hydrogen (secondary N) is 1. The van der Waals surface area contributed by atoms with Crippen LogP contribution in [0.1, 0.15) is 32.2 Å². The number of pyridine rings is 1. The Balaban J connectivity index is 1.89. The molecule has 3 N–H and O–H groups in total. The maximum atomic E-state index is 12.6. The predicted octanol–water partition coefficient (Wildman–Crippen LogP) is 2.96. The van der Waals surface area contributed by atoms with E-state index in [0.29, 0.717) is 15.7 Å². The topological polar surface area (TPSA) is 98.0 Å². The van der Waals surface area contributed by atoms with Gasteiger partial charge in [-0.2, -0.15) is 0 Å². The Kier molecular flexibility index (Phi) is 4.33. The van der Waals surface area contributed by atoms with Gasteiger partial charge in [0.25, 0.3) is 5.91 Å². The second-order valence-corrected chi connectivity index (χ2v) is 7.42. The average molecular weight is 360 g/mol. The van der Waals surface area contributed by atoms with Gasteiger partial charge in [-0.05, 0) is 38.0 Å². The molecule has 124 valence electrons. The average Bonchev–Trinajstić information content (AvgIpc) is 3.02. The van der Waals surface area contributed by atoms with Crippen molar-refractivity contribution in [2.45, 2.75) is 27.2 Å². The Morgan fingerprint density at radius 2 is 2.00 bits per heavy atom. The van der Waals surface area contributed by atoms with Crippen molar-refractivity contribution in [3.05, 3.63) is 38.8 Å². The number of amides is 2. The molecule has 0 bridgehead atoms. The summed E-state index contributed by atoms with van der Waals surface area (Å²) in [5.74, 6) is -0.664. The number of nitrogens with two attached hydrogens (primary N) is 1. The molecule has 3 aromatic rings. The number of hydrogen-bond donors (Lipinski definition) is 2. The van der Waals surface area contributed by atoms with E-state index in [2.05, 4.69) is 15.3 Å². The molecule has 0 aliphatic carbocycles. The van der Waals surface area contributed by atoms with Gasteiger partial charge in [-0.3, -0.25) is 14.9 Å². The van der Waals surface area contributed by atoms with Crippen molar-refractivity contribution >= 4 is 49.8 Å². The zero-order valence-electron chi connectivity index (χ0n) is 13.5. The van der Waals surface area contributed by atoms with Crippen LogP contribution in [0.4, 0.5) is 5.13 Å². The fourth-order valence-electron chi connectivity index (χ4n) is 2.61. The fourth-order valence-corrected chi connectivity index (χ4v) is 4.52. The summed E-state index contributed by atoms with van der Waals surface area (Å²) in [6.45, 7) is 5.89. The fraction of sp³-hybridized carbons (Fsp3) is 0.250. The lowest BCUT2D eigenvalue weighted by Crippen LogP contribution is -2.14. The van der Waals surface area contributed by atoms with Crippen LogP contribution in [0.5, 0.6) is 0 Å². The maximum absolute atomic E-state index is 12.6. The third-order valence-corrected chi connectivity index (χ3v) is 5.55. The number of primary amides is 1. The largest absolute Gasteiger partial charge is 0.369 e. The molecule has 24 heavy (non-hydrogen) atoms. The van der Waals surface area contributed by atoms with Gasteiger partial charge >= 0.3 is 0 Å². The first kappa shape index (κ1) is 16.5. The van der Waals surface area contributed by atoms with Crippen molar-refractivity contribution in [2.75, 3.05) is 5.32 Å². The van der Waals surface area contributed by atoms with Gasteiger partial charge in [0.1, 0.15) is 4.83 Å². The Labute approximate surface area is 146 Å². The number of thiophene rings is 1. The van der Waals surface area contributed by atoms with Gasteiger partial charge in [-0.25, -0.2) is 9.97 Å². The molecule has 0 atom stereocenters. The van der Waals surface area contributed by atoms with Crippen LogP contribution in [0.2, 0.25) is 0 Å². The molecule has 3 rings (SSSR count). The quantitative estimate of drug-likeness (QED) is 0.747. The maximum Gasteiger partial charge on any atom is 0.267 e. The predicted molar refractivity (Wildman–Crippen MR) is 96.8 cm³/mol. The Morgan fingerprint density at radius 3 is 2.71 bits per heavy atom. The van der Waals surface area contributed by atoms with E-state index in [1.54, 1.807) is 5.38 Å². The minimum Gasteiger partial charge on any atom is -0.369 e. The van der Waals surface area contributed by atoms with Crippen molar-refractivity contribution in [3.63, 3.8) is 0 Å². The first-order valence-corrected chi connectivity index (χ1v) is 8.96. The summed E-state index contributed by atoms with van der Waals surface area (Å²) >= 11 is 2.65. The molecule has 0 unspecified atom stereocenters. The zero-order chi connectivity index (χ0) is 17.4. The van der Waals surface area contributed by atoms with Crippen molar-refractivity contribution < 1.29 is 9.59 Å². The number of thiazole rings is 1. The molecule has 0 saturated carbocycles. The lowest BCUT2D eigenvalue weighted by molar-refractivity contribution is -0.117. The number of aromatic nitrogens is 2. The molecule has 0 saturated heterocycles. The number of rotatable bonds is 4. The van der Waals surface area contributed by atoms with E-state index in [1.165, 1.54) is 22.7 Å². The van der Waals surface area contributed by atoms with Crippen LogP contribution >= 0.6 is 22.7 Å². The summed E-state index contributed by atoms with van der Waals surface area (Å²) in [6, 6.07) is 2.01. The Hall–Kier alpha value is -2.32. The van der Waals surface area contributed by atoms with E-state index in [0.717, 1.165) is 27.0 Å². The number of fused-ring (bicyclic) bond motifs is 1. The molecular formula is C16H16N4O2S2. The third kappa shape index (κ3) is 3.15. The second-order valence-electron chi connectivity index (χ2n) is 5.56. The van der Waals surface area contributed by atoms with Crippen molar-refractivity contribution in [1.29, 1.82) is 0 Å². The number of anilines is 1. The molecule has 0 aliphatic heterocycles. The van der Waals surface area contributed by atoms with E-state index < -0.39 is 5.91 Å². The molecule has 8 heteroatoms. The van der Waals surface area contributed by atoms with Gasteiger partial charge in [0.15, 0.2) is 5.13 Å². The Bertz CT molecular complexity index is 959. The molecule has 0 aromatic carbocycles. The van der Waals surface area contributed by atoms with E-state index in [9.17, 15) is 9.59 Å². The summed E-state index contributed by atoms with van der Waals surface area (Å²) in [4.78, 5) is 33.7. The van der Waals surface area contributed by atoms with Crippen molar-refractivity contribution in [2.24, 2.45) is 5.73 Å². The molecule has 0 fully saturated rings. The highest BCUT2D eigenvalue weighted by molar-refractivity contribution is 7.21. The standard InChI is InChI=1S/C16H16N4O2S2/c1-7-4-8(2)18-15-12(7)9(3)13(24-15)14(22)20-16-19-10(6-23-16)5-11(17)21/h4,6H,5H2,1-3H3,(H2,17,21)(H,19,20,22).